The van der Waals surface area contributed by atoms with Crippen molar-refractivity contribution in [3.05, 3.63) is 61.9 Å². The highest BCUT2D eigenvalue weighted by Gasteiger charge is 2.12. The zero-order chi connectivity index (χ0) is 14.7. The summed E-state index contributed by atoms with van der Waals surface area (Å²) in [4.78, 5) is 12.1. The number of nitrogens with zero attached hydrogens (tertiary/aromatic N) is 1. The Balaban J connectivity index is 2.28. The molecule has 0 aromatic heterocycles. The van der Waals surface area contributed by atoms with Gasteiger partial charge in [0, 0.05) is 14.3 Å². The van der Waals surface area contributed by atoms with Crippen LogP contribution in [0.5, 0.6) is 0 Å². The molecule has 0 saturated heterocycles. The third-order valence-corrected chi connectivity index (χ3v) is 3.69. The van der Waals surface area contributed by atoms with Crippen LogP contribution in [0, 0.1) is 20.7 Å². The van der Waals surface area contributed by atoms with Crippen LogP contribution < -0.4 is 5.32 Å². The first-order valence-corrected chi connectivity index (χ1v) is 6.93. The highest BCUT2D eigenvalue weighted by molar-refractivity contribution is 14.1. The smallest absolute Gasteiger partial charge is 0.256 e. The molecule has 0 fully saturated rings. The second-order valence-corrected chi connectivity index (χ2v) is 5.48. The minimum absolute atomic E-state index is 0.122. The van der Waals surface area contributed by atoms with Crippen molar-refractivity contribution in [3.8, 4) is 6.07 Å². The molecule has 1 N–H and O–H groups in total. The van der Waals surface area contributed by atoms with Crippen LogP contribution in [-0.2, 0) is 0 Å². The predicted octanol–water partition coefficient (Wildman–Crippen LogP) is 4.21. The Kier molecular flexibility index (Phi) is 4.57. The number of amides is 1. The van der Waals surface area contributed by atoms with Gasteiger partial charge in [-0.05, 0) is 59.0 Å². The maximum absolute atomic E-state index is 13.2. The molecule has 2 aromatic rings. The summed E-state index contributed by atoms with van der Waals surface area (Å²) in [6.45, 7) is 0. The third-order valence-electron chi connectivity index (χ3n) is 2.52. The van der Waals surface area contributed by atoms with E-state index in [1.54, 1.807) is 24.3 Å². The maximum atomic E-state index is 13.2. The minimum atomic E-state index is -0.622. The Morgan fingerprint density at radius 1 is 1.30 bits per heavy atom. The minimum Gasteiger partial charge on any atom is -0.322 e. The van der Waals surface area contributed by atoms with Gasteiger partial charge in [-0.25, -0.2) is 4.39 Å². The van der Waals surface area contributed by atoms with Gasteiger partial charge >= 0.3 is 0 Å². The lowest BCUT2D eigenvalue weighted by atomic mass is 10.2. The van der Waals surface area contributed by atoms with E-state index < -0.39 is 5.82 Å². The SMILES string of the molecule is N#Cc1cc(NC(=O)c2cc(Cl)ccc2I)ccc1F. The van der Waals surface area contributed by atoms with Crippen molar-refractivity contribution >= 4 is 45.8 Å². The summed E-state index contributed by atoms with van der Waals surface area (Å²) in [6, 6.07) is 10.5. The number of carbonyl (C=O) groups is 1. The van der Waals surface area contributed by atoms with Crippen LogP contribution in [0.4, 0.5) is 10.1 Å². The fourth-order valence-corrected chi connectivity index (χ4v) is 2.31. The van der Waals surface area contributed by atoms with E-state index in [0.29, 0.717) is 16.3 Å². The van der Waals surface area contributed by atoms with E-state index in [0.717, 1.165) is 9.64 Å². The molecule has 0 spiro atoms. The number of benzene rings is 2. The van der Waals surface area contributed by atoms with Gasteiger partial charge in [0.15, 0.2) is 0 Å². The van der Waals surface area contributed by atoms with Gasteiger partial charge in [0.25, 0.3) is 5.91 Å². The highest BCUT2D eigenvalue weighted by atomic mass is 127. The second kappa shape index (κ2) is 6.20. The van der Waals surface area contributed by atoms with Gasteiger partial charge in [-0.15, -0.1) is 0 Å². The Hall–Kier alpha value is -1.65. The normalized spacial score (nSPS) is 9.90. The van der Waals surface area contributed by atoms with Gasteiger partial charge in [-0.1, -0.05) is 11.6 Å². The summed E-state index contributed by atoms with van der Waals surface area (Å²) in [5.41, 5.74) is 0.647. The lowest BCUT2D eigenvalue weighted by Crippen LogP contribution is -2.13. The standard InChI is InChI=1S/C14H7ClFIN2O/c15-9-1-4-13(17)11(6-9)14(20)19-10-2-3-12(16)8(5-10)7-18/h1-6H,(H,19,20). The molecule has 0 aliphatic rings. The van der Waals surface area contributed by atoms with Gasteiger partial charge in [-0.2, -0.15) is 5.26 Å². The molecule has 0 aliphatic carbocycles. The van der Waals surface area contributed by atoms with Gasteiger partial charge in [0.2, 0.25) is 0 Å². The van der Waals surface area contributed by atoms with Crippen LogP contribution in [0.1, 0.15) is 15.9 Å². The summed E-state index contributed by atoms with van der Waals surface area (Å²) in [6.07, 6.45) is 0. The molecule has 0 bridgehead atoms. The number of hydrogen-bond donors (Lipinski definition) is 1. The molecule has 2 aromatic carbocycles. The zero-order valence-corrected chi connectivity index (χ0v) is 12.9. The molecule has 0 radical (unpaired) electrons. The average molecular weight is 401 g/mol. The summed E-state index contributed by atoms with van der Waals surface area (Å²) in [5.74, 6) is -0.991. The van der Waals surface area contributed by atoms with Gasteiger partial charge in [0.1, 0.15) is 11.9 Å². The molecular formula is C14H7ClFIN2O. The van der Waals surface area contributed by atoms with Crippen molar-refractivity contribution < 1.29 is 9.18 Å². The molecule has 100 valence electrons. The van der Waals surface area contributed by atoms with E-state index in [1.165, 1.54) is 12.1 Å². The molecular weight excluding hydrogens is 394 g/mol. The van der Waals surface area contributed by atoms with E-state index in [9.17, 15) is 9.18 Å². The molecule has 0 aliphatic heterocycles. The zero-order valence-electron chi connectivity index (χ0n) is 9.95. The van der Waals surface area contributed by atoms with Crippen molar-refractivity contribution in [1.82, 2.24) is 0 Å². The van der Waals surface area contributed by atoms with E-state index in [4.69, 9.17) is 16.9 Å². The van der Waals surface area contributed by atoms with Crippen LogP contribution >= 0.6 is 34.2 Å². The van der Waals surface area contributed by atoms with Crippen LogP contribution in [0.2, 0.25) is 5.02 Å². The summed E-state index contributed by atoms with van der Waals surface area (Å²) < 4.78 is 13.9. The van der Waals surface area contributed by atoms with Gasteiger partial charge < -0.3 is 5.32 Å². The fourth-order valence-electron chi connectivity index (χ4n) is 1.56. The Labute approximate surface area is 133 Å². The largest absolute Gasteiger partial charge is 0.322 e. The molecule has 0 heterocycles. The molecule has 20 heavy (non-hydrogen) atoms. The Morgan fingerprint density at radius 3 is 2.75 bits per heavy atom. The molecule has 0 unspecified atom stereocenters. The van der Waals surface area contributed by atoms with Crippen LogP contribution in [-0.4, -0.2) is 5.91 Å². The summed E-state index contributed by atoms with van der Waals surface area (Å²) >= 11 is 7.88. The first kappa shape index (κ1) is 14.8. The Bertz CT molecular complexity index is 728. The molecule has 1 amide bonds. The van der Waals surface area contributed by atoms with Crippen molar-refractivity contribution in [1.29, 1.82) is 5.26 Å². The number of anilines is 1. The highest BCUT2D eigenvalue weighted by Crippen LogP contribution is 2.20. The topological polar surface area (TPSA) is 52.9 Å². The van der Waals surface area contributed by atoms with Gasteiger partial charge in [-0.3, -0.25) is 4.79 Å². The lowest BCUT2D eigenvalue weighted by Gasteiger charge is -2.08. The first-order valence-electron chi connectivity index (χ1n) is 5.47. The number of nitrogens with one attached hydrogen (secondary N) is 1. The number of rotatable bonds is 2. The van der Waals surface area contributed by atoms with Crippen molar-refractivity contribution in [2.24, 2.45) is 0 Å². The fraction of sp³-hybridized carbons (Fsp3) is 0. The van der Waals surface area contributed by atoms with Crippen molar-refractivity contribution in [2.75, 3.05) is 5.32 Å². The summed E-state index contributed by atoms with van der Waals surface area (Å²) in [7, 11) is 0. The molecule has 6 heteroatoms. The predicted molar refractivity (Wildman–Crippen MR) is 83.2 cm³/mol. The Morgan fingerprint density at radius 2 is 2.05 bits per heavy atom. The molecule has 3 nitrogen and oxygen atoms in total. The quantitative estimate of drug-likeness (QED) is 0.768. The van der Waals surface area contributed by atoms with Crippen LogP contribution in [0.15, 0.2) is 36.4 Å². The lowest BCUT2D eigenvalue weighted by molar-refractivity contribution is 0.102. The molecule has 0 atom stereocenters. The van der Waals surface area contributed by atoms with E-state index in [1.807, 2.05) is 22.6 Å². The third kappa shape index (κ3) is 3.26. The van der Waals surface area contributed by atoms with E-state index in [-0.39, 0.29) is 11.5 Å². The first-order chi connectivity index (χ1) is 9.51. The molecule has 2 rings (SSSR count). The monoisotopic (exact) mass is 400 g/mol. The molecule has 0 saturated carbocycles. The number of carbonyl (C=O) groups excluding carboxylic acids is 1. The average Bonchev–Trinajstić information content (AvgIpc) is 2.43. The van der Waals surface area contributed by atoms with E-state index >= 15 is 0 Å². The number of hydrogen-bond acceptors (Lipinski definition) is 2. The number of nitriles is 1. The van der Waals surface area contributed by atoms with E-state index in [2.05, 4.69) is 5.32 Å². The van der Waals surface area contributed by atoms with Crippen molar-refractivity contribution in [2.45, 2.75) is 0 Å². The van der Waals surface area contributed by atoms with Gasteiger partial charge in [0.05, 0.1) is 11.1 Å². The number of halogens is 3. The van der Waals surface area contributed by atoms with Crippen LogP contribution in [0.3, 0.4) is 0 Å². The van der Waals surface area contributed by atoms with Crippen LogP contribution in [0.25, 0.3) is 0 Å². The maximum Gasteiger partial charge on any atom is 0.256 e. The second-order valence-electron chi connectivity index (χ2n) is 3.88. The summed E-state index contributed by atoms with van der Waals surface area (Å²) in [5, 5.41) is 11.8. The van der Waals surface area contributed by atoms with Crippen molar-refractivity contribution in [3.63, 3.8) is 0 Å².